The lowest BCUT2D eigenvalue weighted by Gasteiger charge is -2.20. The molecule has 9 heteroatoms. The van der Waals surface area contributed by atoms with Crippen LogP contribution in [0, 0.1) is 0 Å². The molecule has 2 amide bonds. The second-order valence-electron chi connectivity index (χ2n) is 3.59. The van der Waals surface area contributed by atoms with Gasteiger partial charge in [0.2, 0.25) is 11.8 Å². The van der Waals surface area contributed by atoms with Crippen molar-refractivity contribution in [3.8, 4) is 0 Å². The van der Waals surface area contributed by atoms with Crippen molar-refractivity contribution < 1.29 is 19.5 Å². The van der Waals surface area contributed by atoms with Crippen LogP contribution < -0.4 is 16.4 Å². The third-order valence-electron chi connectivity index (χ3n) is 2.05. The molecule has 0 bridgehead atoms. The van der Waals surface area contributed by atoms with Crippen LogP contribution in [0.2, 0.25) is 5.02 Å². The molecule has 8 nitrogen and oxygen atoms in total. The average Bonchev–Trinajstić information content (AvgIpc) is 2.27. The molecule has 0 aliphatic heterocycles. The van der Waals surface area contributed by atoms with Gasteiger partial charge in [0.15, 0.2) is 5.69 Å². The summed E-state index contributed by atoms with van der Waals surface area (Å²) in [5.41, 5.74) is 9.67. The highest BCUT2D eigenvalue weighted by atomic mass is 35.5. The van der Waals surface area contributed by atoms with E-state index in [4.69, 9.17) is 28.2 Å². The van der Waals surface area contributed by atoms with Crippen LogP contribution in [0.4, 0.5) is 5.82 Å². The molecule has 1 rings (SSSR count). The van der Waals surface area contributed by atoms with E-state index >= 15 is 0 Å². The van der Waals surface area contributed by atoms with Crippen molar-refractivity contribution >= 4 is 35.2 Å². The van der Waals surface area contributed by atoms with Crippen molar-refractivity contribution in [2.24, 2.45) is 11.5 Å². The van der Waals surface area contributed by atoms with Crippen LogP contribution >= 0.6 is 11.6 Å². The summed E-state index contributed by atoms with van der Waals surface area (Å²) < 4.78 is 0. The van der Waals surface area contributed by atoms with Gasteiger partial charge in [-0.25, -0.2) is 9.78 Å². The van der Waals surface area contributed by atoms with Gasteiger partial charge in [0.05, 0.1) is 18.1 Å². The molecular formula is C10H11ClN4O4. The molecule has 0 saturated carbocycles. The van der Waals surface area contributed by atoms with E-state index in [1.807, 2.05) is 0 Å². The lowest BCUT2D eigenvalue weighted by Crippen LogP contribution is -2.40. The first-order chi connectivity index (χ1) is 8.81. The molecule has 5 N–H and O–H groups in total. The van der Waals surface area contributed by atoms with Gasteiger partial charge in [0, 0.05) is 0 Å². The van der Waals surface area contributed by atoms with E-state index in [1.54, 1.807) is 0 Å². The first-order valence-electron chi connectivity index (χ1n) is 5.02. The molecule has 0 saturated heterocycles. The average molecular weight is 287 g/mol. The molecule has 0 spiro atoms. The standard InChI is InChI=1S/C10H11ClN4O4/c11-5-1-2-8(14-9(5)10(18)19)15(3-6(12)16)4-7(13)17/h1-2H,3-4H2,(H2,12,16)(H2,13,17)(H,18,19). The number of aromatic nitrogens is 1. The van der Waals surface area contributed by atoms with E-state index < -0.39 is 23.5 Å². The Morgan fingerprint density at radius 1 is 1.21 bits per heavy atom. The molecule has 102 valence electrons. The number of hydrogen-bond acceptors (Lipinski definition) is 5. The number of hydrogen-bond donors (Lipinski definition) is 3. The number of aromatic carboxylic acids is 1. The maximum atomic E-state index is 10.9. The fourth-order valence-electron chi connectivity index (χ4n) is 1.35. The molecule has 19 heavy (non-hydrogen) atoms. The van der Waals surface area contributed by atoms with Crippen LogP contribution in [0.5, 0.6) is 0 Å². The van der Waals surface area contributed by atoms with Gasteiger partial charge >= 0.3 is 5.97 Å². The van der Waals surface area contributed by atoms with Crippen LogP contribution in [0.15, 0.2) is 12.1 Å². The van der Waals surface area contributed by atoms with E-state index in [0.717, 1.165) is 4.90 Å². The van der Waals surface area contributed by atoms with E-state index in [-0.39, 0.29) is 23.9 Å². The number of halogens is 1. The Balaban J connectivity index is 3.14. The Morgan fingerprint density at radius 2 is 1.74 bits per heavy atom. The number of carboxylic acids is 1. The Bertz CT molecular complexity index is 518. The molecular weight excluding hydrogens is 276 g/mol. The molecule has 0 fully saturated rings. The Hall–Kier alpha value is -2.35. The highest BCUT2D eigenvalue weighted by Gasteiger charge is 2.17. The summed E-state index contributed by atoms with van der Waals surface area (Å²) in [7, 11) is 0. The van der Waals surface area contributed by atoms with Crippen molar-refractivity contribution in [1.29, 1.82) is 0 Å². The van der Waals surface area contributed by atoms with Gasteiger partial charge in [-0.05, 0) is 12.1 Å². The van der Waals surface area contributed by atoms with Gasteiger partial charge in [-0.1, -0.05) is 11.6 Å². The number of carboxylic acid groups (broad SMARTS) is 1. The third kappa shape index (κ3) is 4.11. The van der Waals surface area contributed by atoms with Crippen LogP contribution in [-0.4, -0.2) is 41.0 Å². The van der Waals surface area contributed by atoms with E-state index in [9.17, 15) is 14.4 Å². The van der Waals surface area contributed by atoms with Crippen molar-refractivity contribution in [1.82, 2.24) is 4.98 Å². The van der Waals surface area contributed by atoms with Gasteiger partial charge < -0.3 is 21.5 Å². The van der Waals surface area contributed by atoms with E-state index in [0.29, 0.717) is 0 Å². The Kier molecular flexibility index (Phi) is 4.65. The minimum atomic E-state index is -1.33. The SMILES string of the molecule is NC(=O)CN(CC(N)=O)c1ccc(Cl)c(C(=O)O)n1. The summed E-state index contributed by atoms with van der Waals surface area (Å²) in [5, 5.41) is 8.83. The van der Waals surface area contributed by atoms with Gasteiger partial charge in [0.25, 0.3) is 0 Å². The predicted molar refractivity (Wildman–Crippen MR) is 66.8 cm³/mol. The first-order valence-corrected chi connectivity index (χ1v) is 5.40. The molecule has 1 aromatic rings. The zero-order valence-corrected chi connectivity index (χ0v) is 10.4. The van der Waals surface area contributed by atoms with Crippen molar-refractivity contribution in [3.05, 3.63) is 22.8 Å². The lowest BCUT2D eigenvalue weighted by molar-refractivity contribution is -0.117. The van der Waals surface area contributed by atoms with E-state index in [2.05, 4.69) is 4.98 Å². The van der Waals surface area contributed by atoms with Crippen LogP contribution in [0.3, 0.4) is 0 Å². The number of carbonyl (C=O) groups excluding carboxylic acids is 2. The van der Waals surface area contributed by atoms with Crippen LogP contribution in [-0.2, 0) is 9.59 Å². The minimum Gasteiger partial charge on any atom is -0.476 e. The fourth-order valence-corrected chi connectivity index (χ4v) is 1.54. The van der Waals surface area contributed by atoms with Gasteiger partial charge in [-0.3, -0.25) is 9.59 Å². The second kappa shape index (κ2) is 6.01. The van der Waals surface area contributed by atoms with Gasteiger partial charge in [-0.2, -0.15) is 0 Å². The number of amides is 2. The maximum absolute atomic E-state index is 10.9. The molecule has 0 radical (unpaired) electrons. The summed E-state index contributed by atoms with van der Waals surface area (Å²) in [6, 6.07) is 2.66. The van der Waals surface area contributed by atoms with Crippen molar-refractivity contribution in [3.63, 3.8) is 0 Å². The maximum Gasteiger partial charge on any atom is 0.356 e. The third-order valence-corrected chi connectivity index (χ3v) is 2.36. The van der Waals surface area contributed by atoms with Gasteiger partial charge in [-0.15, -0.1) is 0 Å². The zero-order chi connectivity index (χ0) is 14.6. The quantitative estimate of drug-likeness (QED) is 0.626. The number of nitrogens with two attached hydrogens (primary N) is 2. The van der Waals surface area contributed by atoms with Crippen LogP contribution in [0.1, 0.15) is 10.5 Å². The summed E-state index contributed by atoms with van der Waals surface area (Å²) >= 11 is 5.66. The largest absolute Gasteiger partial charge is 0.476 e. The molecule has 0 aromatic carbocycles. The molecule has 0 unspecified atom stereocenters. The number of carbonyl (C=O) groups is 3. The molecule has 1 heterocycles. The number of anilines is 1. The summed E-state index contributed by atoms with van der Waals surface area (Å²) in [4.78, 5) is 37.6. The number of pyridine rings is 1. The minimum absolute atomic E-state index is 0.0608. The number of primary amides is 2. The Labute approximate surface area is 112 Å². The van der Waals surface area contributed by atoms with Crippen molar-refractivity contribution in [2.45, 2.75) is 0 Å². The molecule has 0 aliphatic carbocycles. The smallest absolute Gasteiger partial charge is 0.356 e. The fraction of sp³-hybridized carbons (Fsp3) is 0.200. The van der Waals surface area contributed by atoms with Gasteiger partial charge in [0.1, 0.15) is 5.82 Å². The highest BCUT2D eigenvalue weighted by molar-refractivity contribution is 6.33. The number of nitrogens with zero attached hydrogens (tertiary/aromatic N) is 2. The van der Waals surface area contributed by atoms with Crippen molar-refractivity contribution in [2.75, 3.05) is 18.0 Å². The normalized spacial score (nSPS) is 9.95. The molecule has 0 atom stereocenters. The molecule has 0 aliphatic rings. The highest BCUT2D eigenvalue weighted by Crippen LogP contribution is 2.19. The summed E-state index contributed by atoms with van der Waals surface area (Å²) in [5.74, 6) is -2.69. The number of rotatable bonds is 6. The topological polar surface area (TPSA) is 140 Å². The Morgan fingerprint density at radius 3 is 2.16 bits per heavy atom. The monoisotopic (exact) mass is 286 g/mol. The summed E-state index contributed by atoms with van der Waals surface area (Å²) in [6.07, 6.45) is 0. The summed E-state index contributed by atoms with van der Waals surface area (Å²) in [6.45, 7) is -0.646. The van der Waals surface area contributed by atoms with E-state index in [1.165, 1.54) is 12.1 Å². The predicted octanol–water partition coefficient (Wildman–Crippen LogP) is -0.790. The molecule has 1 aromatic heterocycles. The second-order valence-corrected chi connectivity index (χ2v) is 4.00. The zero-order valence-electron chi connectivity index (χ0n) is 9.67. The van der Waals surface area contributed by atoms with Crippen LogP contribution in [0.25, 0.3) is 0 Å². The first kappa shape index (κ1) is 14.7. The lowest BCUT2D eigenvalue weighted by atomic mass is 10.3.